The summed E-state index contributed by atoms with van der Waals surface area (Å²) in [5.74, 6) is 4.13. The molecule has 0 amide bonds. The number of halogens is 1. The zero-order valence-corrected chi connectivity index (χ0v) is 15.3. The molecule has 0 radical (unpaired) electrons. The highest BCUT2D eigenvalue weighted by Gasteiger charge is 2.57. The fraction of sp³-hybridized carbons (Fsp3) is 0.895. The molecular formula is C19H29I. The molecule has 1 heteroatoms. The zero-order valence-electron chi connectivity index (χ0n) is 13.1. The van der Waals surface area contributed by atoms with Crippen LogP contribution in [0.3, 0.4) is 0 Å². The second kappa shape index (κ2) is 4.73. The number of fused-ring (bicyclic) bond motifs is 5. The Labute approximate surface area is 138 Å². The lowest BCUT2D eigenvalue weighted by atomic mass is 9.45. The first-order valence-electron chi connectivity index (χ1n) is 8.92. The van der Waals surface area contributed by atoms with Gasteiger partial charge in [-0.25, -0.2) is 0 Å². The second-order valence-electron chi connectivity index (χ2n) is 8.65. The van der Waals surface area contributed by atoms with Gasteiger partial charge >= 0.3 is 0 Å². The Morgan fingerprint density at radius 2 is 1.85 bits per heavy atom. The van der Waals surface area contributed by atoms with E-state index in [-0.39, 0.29) is 0 Å². The van der Waals surface area contributed by atoms with Crippen LogP contribution in [0.1, 0.15) is 71.6 Å². The highest BCUT2D eigenvalue weighted by molar-refractivity contribution is 14.1. The molecule has 0 spiro atoms. The largest absolute Gasteiger partial charge is 0.0743 e. The van der Waals surface area contributed by atoms with Gasteiger partial charge in [0.2, 0.25) is 0 Å². The summed E-state index contributed by atoms with van der Waals surface area (Å²) >= 11 is 2.65. The fourth-order valence-corrected chi connectivity index (χ4v) is 7.73. The molecule has 6 atom stereocenters. The summed E-state index contributed by atoms with van der Waals surface area (Å²) in [6, 6.07) is 0. The van der Waals surface area contributed by atoms with E-state index in [0.717, 1.165) is 23.7 Å². The third-order valence-corrected chi connectivity index (χ3v) is 9.74. The first-order valence-corrected chi connectivity index (χ1v) is 10.00. The summed E-state index contributed by atoms with van der Waals surface area (Å²) in [5.41, 5.74) is 1.26. The molecule has 3 fully saturated rings. The van der Waals surface area contributed by atoms with Gasteiger partial charge in [-0.2, -0.15) is 0 Å². The van der Waals surface area contributed by atoms with Crippen molar-refractivity contribution < 1.29 is 0 Å². The Balaban J connectivity index is 1.65. The highest BCUT2D eigenvalue weighted by atomic mass is 127. The fourth-order valence-electron chi connectivity index (χ4n) is 6.81. The van der Waals surface area contributed by atoms with E-state index in [1.165, 1.54) is 44.9 Å². The third kappa shape index (κ3) is 1.77. The predicted octanol–water partition coefficient (Wildman–Crippen LogP) is 6.35. The average molecular weight is 384 g/mol. The van der Waals surface area contributed by atoms with Crippen LogP contribution in [0.4, 0.5) is 0 Å². The number of rotatable bonds is 0. The van der Waals surface area contributed by atoms with Gasteiger partial charge in [-0.15, -0.1) is 0 Å². The Morgan fingerprint density at radius 3 is 2.70 bits per heavy atom. The van der Waals surface area contributed by atoms with Crippen LogP contribution in [0.25, 0.3) is 0 Å². The van der Waals surface area contributed by atoms with Crippen LogP contribution >= 0.6 is 22.6 Å². The molecule has 4 rings (SSSR count). The van der Waals surface area contributed by atoms with Crippen molar-refractivity contribution in [2.75, 3.05) is 0 Å². The third-order valence-electron chi connectivity index (χ3n) is 8.07. The maximum Gasteiger partial charge on any atom is 0.00135 e. The molecule has 0 aromatic heterocycles. The Morgan fingerprint density at radius 1 is 1.00 bits per heavy atom. The Hall–Kier alpha value is 0.470. The molecule has 0 nitrogen and oxygen atoms in total. The lowest BCUT2D eigenvalue weighted by molar-refractivity contribution is -0.0972. The molecule has 0 aliphatic heterocycles. The van der Waals surface area contributed by atoms with Gasteiger partial charge in [0.1, 0.15) is 0 Å². The van der Waals surface area contributed by atoms with Crippen LogP contribution < -0.4 is 0 Å². The van der Waals surface area contributed by atoms with Gasteiger partial charge < -0.3 is 0 Å². The molecule has 0 aromatic carbocycles. The van der Waals surface area contributed by atoms with Crippen molar-refractivity contribution in [3.8, 4) is 0 Å². The smallest absolute Gasteiger partial charge is 0.00135 e. The Kier molecular flexibility index (Phi) is 3.33. The van der Waals surface area contributed by atoms with Crippen LogP contribution in [0.2, 0.25) is 0 Å². The standard InChI is InChI=1S/C19H29I/c1-18-11-4-3-5-13(18)6-7-14-15-8-9-17(20)19(15,2)12-10-16(14)18/h9,13-16H,3-8,10-12H2,1-2H3. The average Bonchev–Trinajstić information content (AvgIpc) is 2.74. The summed E-state index contributed by atoms with van der Waals surface area (Å²) in [6.07, 6.45) is 16.1. The second-order valence-corrected chi connectivity index (χ2v) is 9.81. The van der Waals surface area contributed by atoms with Crippen molar-refractivity contribution in [1.82, 2.24) is 0 Å². The normalized spacial score (nSPS) is 54.6. The summed E-state index contributed by atoms with van der Waals surface area (Å²) in [7, 11) is 0. The monoisotopic (exact) mass is 384 g/mol. The van der Waals surface area contributed by atoms with Gasteiger partial charge in [0.05, 0.1) is 0 Å². The lowest BCUT2D eigenvalue weighted by Crippen LogP contribution is -2.52. The van der Waals surface area contributed by atoms with E-state index in [2.05, 4.69) is 42.5 Å². The van der Waals surface area contributed by atoms with Gasteiger partial charge in [0.15, 0.2) is 0 Å². The number of allylic oxidation sites excluding steroid dienone is 2. The van der Waals surface area contributed by atoms with Crippen LogP contribution in [0, 0.1) is 34.5 Å². The van der Waals surface area contributed by atoms with Crippen molar-refractivity contribution >= 4 is 22.6 Å². The SMILES string of the molecule is CC12CCC3C(CCC4CCCCC43C)C1CC=C2I. The highest BCUT2D eigenvalue weighted by Crippen LogP contribution is 2.66. The summed E-state index contributed by atoms with van der Waals surface area (Å²) in [4.78, 5) is 0. The molecule has 0 bridgehead atoms. The van der Waals surface area contributed by atoms with E-state index >= 15 is 0 Å². The van der Waals surface area contributed by atoms with Crippen molar-refractivity contribution in [2.45, 2.75) is 71.6 Å². The van der Waals surface area contributed by atoms with E-state index in [0.29, 0.717) is 10.8 Å². The minimum absolute atomic E-state index is 0.555. The first kappa shape index (κ1) is 14.1. The molecule has 0 heterocycles. The van der Waals surface area contributed by atoms with Gasteiger partial charge in [0.25, 0.3) is 0 Å². The van der Waals surface area contributed by atoms with Crippen molar-refractivity contribution in [3.63, 3.8) is 0 Å². The molecule has 0 aromatic rings. The molecule has 3 saturated carbocycles. The lowest BCUT2D eigenvalue weighted by Gasteiger charge is -2.60. The van der Waals surface area contributed by atoms with Crippen LogP contribution in [0.5, 0.6) is 0 Å². The van der Waals surface area contributed by atoms with Gasteiger partial charge in [-0.3, -0.25) is 0 Å². The maximum absolute atomic E-state index is 2.68. The van der Waals surface area contributed by atoms with Gasteiger partial charge in [-0.05, 0) is 100 Å². The van der Waals surface area contributed by atoms with Crippen LogP contribution in [-0.4, -0.2) is 0 Å². The van der Waals surface area contributed by atoms with E-state index in [4.69, 9.17) is 0 Å². The maximum atomic E-state index is 2.68. The molecular weight excluding hydrogens is 355 g/mol. The molecule has 0 saturated heterocycles. The van der Waals surface area contributed by atoms with Crippen LogP contribution in [0.15, 0.2) is 9.66 Å². The van der Waals surface area contributed by atoms with Crippen molar-refractivity contribution in [1.29, 1.82) is 0 Å². The van der Waals surface area contributed by atoms with Crippen LogP contribution in [-0.2, 0) is 0 Å². The van der Waals surface area contributed by atoms with E-state index < -0.39 is 0 Å². The van der Waals surface area contributed by atoms with E-state index in [1.807, 2.05) is 0 Å². The summed E-state index contributed by atoms with van der Waals surface area (Å²) in [5, 5.41) is 0. The zero-order chi connectivity index (χ0) is 14.0. The Bertz CT molecular complexity index is 439. The first-order chi connectivity index (χ1) is 9.56. The number of hydrogen-bond acceptors (Lipinski definition) is 0. The van der Waals surface area contributed by atoms with Crippen molar-refractivity contribution in [2.24, 2.45) is 34.5 Å². The summed E-state index contributed by atoms with van der Waals surface area (Å²) in [6.45, 7) is 5.26. The van der Waals surface area contributed by atoms with Gasteiger partial charge in [-0.1, -0.05) is 32.8 Å². The molecule has 0 N–H and O–H groups in total. The molecule has 6 unspecified atom stereocenters. The summed E-state index contributed by atoms with van der Waals surface area (Å²) < 4.78 is 1.69. The van der Waals surface area contributed by atoms with E-state index in [1.54, 1.807) is 16.4 Å². The van der Waals surface area contributed by atoms with Crippen molar-refractivity contribution in [3.05, 3.63) is 9.66 Å². The molecule has 20 heavy (non-hydrogen) atoms. The quantitative estimate of drug-likeness (QED) is 0.427. The van der Waals surface area contributed by atoms with E-state index in [9.17, 15) is 0 Å². The molecule has 4 aliphatic rings. The minimum Gasteiger partial charge on any atom is -0.0743 e. The minimum atomic E-state index is 0.555. The predicted molar refractivity (Wildman–Crippen MR) is 93.8 cm³/mol. The topological polar surface area (TPSA) is 0 Å². The molecule has 112 valence electrons. The molecule has 4 aliphatic carbocycles. The van der Waals surface area contributed by atoms with Gasteiger partial charge in [0, 0.05) is 5.41 Å². The number of hydrogen-bond donors (Lipinski definition) is 0.